The number of benzene rings is 3. The number of nitro benzene ring substituents is 1. The number of non-ortho nitro benzene ring substituents is 1. The Balaban J connectivity index is 1.50. The molecule has 31 heavy (non-hydrogen) atoms. The van der Waals surface area contributed by atoms with Crippen molar-refractivity contribution in [3.63, 3.8) is 0 Å². The molecule has 0 saturated carbocycles. The van der Waals surface area contributed by atoms with E-state index < -0.39 is 10.9 Å². The average Bonchev–Trinajstić information content (AvgIpc) is 2.81. The molecule has 1 aliphatic heterocycles. The van der Waals surface area contributed by atoms with E-state index in [1.54, 1.807) is 18.2 Å². The fourth-order valence-corrected chi connectivity index (χ4v) is 3.24. The Bertz CT molecular complexity index is 1100. The summed E-state index contributed by atoms with van der Waals surface area (Å²) in [7, 11) is 0. The number of nitrogens with zero attached hydrogens (tertiary/aromatic N) is 1. The summed E-state index contributed by atoms with van der Waals surface area (Å²) < 4.78 is 21.9. The number of para-hydroxylation sites is 1. The van der Waals surface area contributed by atoms with E-state index in [2.05, 4.69) is 0 Å². The van der Waals surface area contributed by atoms with Crippen LogP contribution in [0.2, 0.25) is 0 Å². The summed E-state index contributed by atoms with van der Waals surface area (Å²) in [5.41, 5.74) is 1.88. The standard InChI is InChI=1S/C23H19NO7/c25-23(21-9-5-4-6-16(21)13-29-20-7-2-1-3-8-20)30-14-18-11-19(24(26)27)10-17-12-28-15-31-22(17)18/h1-11H,12-15H2. The first-order valence-electron chi connectivity index (χ1n) is 9.55. The molecule has 0 radical (unpaired) electrons. The van der Waals surface area contributed by atoms with Gasteiger partial charge in [-0.3, -0.25) is 10.1 Å². The molecule has 3 aromatic carbocycles. The zero-order chi connectivity index (χ0) is 21.6. The van der Waals surface area contributed by atoms with Crippen molar-refractivity contribution in [2.75, 3.05) is 6.79 Å². The third-order valence-corrected chi connectivity index (χ3v) is 4.72. The highest BCUT2D eigenvalue weighted by atomic mass is 16.7. The van der Waals surface area contributed by atoms with Crippen LogP contribution in [0.4, 0.5) is 5.69 Å². The predicted molar refractivity (Wildman–Crippen MR) is 110 cm³/mol. The fourth-order valence-electron chi connectivity index (χ4n) is 3.24. The molecule has 0 aromatic heterocycles. The SMILES string of the molecule is O=C(OCc1cc([N+](=O)[O-])cc2c1OCOC2)c1ccccc1COc1ccccc1. The summed E-state index contributed by atoms with van der Waals surface area (Å²) in [6.45, 7) is 0.252. The molecule has 0 unspecified atom stereocenters. The smallest absolute Gasteiger partial charge is 0.338 e. The van der Waals surface area contributed by atoms with Gasteiger partial charge in [-0.15, -0.1) is 0 Å². The lowest BCUT2D eigenvalue weighted by Gasteiger charge is -2.20. The van der Waals surface area contributed by atoms with Crippen molar-refractivity contribution < 1.29 is 28.7 Å². The third kappa shape index (κ3) is 4.81. The van der Waals surface area contributed by atoms with Gasteiger partial charge in [0.15, 0.2) is 6.79 Å². The molecule has 0 atom stereocenters. The molecule has 0 N–H and O–H groups in total. The maximum atomic E-state index is 12.8. The van der Waals surface area contributed by atoms with Crippen LogP contribution in [0.3, 0.4) is 0 Å². The minimum absolute atomic E-state index is 0.0332. The number of fused-ring (bicyclic) bond motifs is 1. The zero-order valence-corrected chi connectivity index (χ0v) is 16.5. The first-order valence-corrected chi connectivity index (χ1v) is 9.55. The molecule has 0 aliphatic carbocycles. The second-order valence-corrected chi connectivity index (χ2v) is 6.80. The number of hydrogen-bond acceptors (Lipinski definition) is 7. The maximum absolute atomic E-state index is 12.8. The van der Waals surface area contributed by atoms with E-state index >= 15 is 0 Å². The normalized spacial score (nSPS) is 12.4. The highest BCUT2D eigenvalue weighted by Gasteiger charge is 2.22. The van der Waals surface area contributed by atoms with E-state index in [4.69, 9.17) is 18.9 Å². The monoisotopic (exact) mass is 421 g/mol. The number of hydrogen-bond donors (Lipinski definition) is 0. The number of esters is 1. The van der Waals surface area contributed by atoms with Crippen LogP contribution < -0.4 is 9.47 Å². The second-order valence-electron chi connectivity index (χ2n) is 6.80. The molecule has 1 heterocycles. The van der Waals surface area contributed by atoms with Crippen LogP contribution in [0.5, 0.6) is 11.5 Å². The number of rotatable bonds is 7. The summed E-state index contributed by atoms with van der Waals surface area (Å²) in [6.07, 6.45) is 0. The lowest BCUT2D eigenvalue weighted by Crippen LogP contribution is -2.15. The molecule has 4 rings (SSSR count). The highest BCUT2D eigenvalue weighted by Crippen LogP contribution is 2.33. The van der Waals surface area contributed by atoms with Crippen LogP contribution in [0.1, 0.15) is 27.0 Å². The van der Waals surface area contributed by atoms with Gasteiger partial charge < -0.3 is 18.9 Å². The summed E-state index contributed by atoms with van der Waals surface area (Å²) >= 11 is 0. The minimum Gasteiger partial charge on any atom is -0.489 e. The lowest BCUT2D eigenvalue weighted by molar-refractivity contribution is -0.385. The molecule has 0 fully saturated rings. The second kappa shape index (κ2) is 9.27. The van der Waals surface area contributed by atoms with E-state index in [0.717, 1.165) is 0 Å². The Morgan fingerprint density at radius 1 is 1.00 bits per heavy atom. The van der Waals surface area contributed by atoms with Crippen molar-refractivity contribution in [3.8, 4) is 11.5 Å². The van der Waals surface area contributed by atoms with Gasteiger partial charge in [0.2, 0.25) is 0 Å². The van der Waals surface area contributed by atoms with E-state index in [-0.39, 0.29) is 32.3 Å². The van der Waals surface area contributed by atoms with Crippen LogP contribution in [-0.4, -0.2) is 17.7 Å². The van der Waals surface area contributed by atoms with Gasteiger partial charge in [-0.05, 0) is 18.2 Å². The average molecular weight is 421 g/mol. The topological polar surface area (TPSA) is 97.1 Å². The van der Waals surface area contributed by atoms with E-state index in [1.807, 2.05) is 36.4 Å². The maximum Gasteiger partial charge on any atom is 0.338 e. The fraction of sp³-hybridized carbons (Fsp3) is 0.174. The van der Waals surface area contributed by atoms with Crippen molar-refractivity contribution in [2.45, 2.75) is 19.8 Å². The van der Waals surface area contributed by atoms with Gasteiger partial charge in [-0.25, -0.2) is 4.79 Å². The summed E-state index contributed by atoms with van der Waals surface area (Å²) in [5, 5.41) is 11.2. The van der Waals surface area contributed by atoms with Gasteiger partial charge in [-0.1, -0.05) is 36.4 Å². The third-order valence-electron chi connectivity index (χ3n) is 4.72. The predicted octanol–water partition coefficient (Wildman–Crippen LogP) is 4.40. The quantitative estimate of drug-likeness (QED) is 0.317. The number of ether oxygens (including phenoxy) is 4. The number of carbonyl (C=O) groups excluding carboxylic acids is 1. The van der Waals surface area contributed by atoms with Crippen LogP contribution >= 0.6 is 0 Å². The van der Waals surface area contributed by atoms with E-state index in [1.165, 1.54) is 12.1 Å². The Morgan fingerprint density at radius 2 is 1.77 bits per heavy atom. The minimum atomic E-state index is -0.556. The summed E-state index contributed by atoms with van der Waals surface area (Å²) in [6, 6.07) is 19.0. The molecule has 1 aliphatic rings. The zero-order valence-electron chi connectivity index (χ0n) is 16.5. The van der Waals surface area contributed by atoms with Crippen molar-refractivity contribution >= 4 is 11.7 Å². The van der Waals surface area contributed by atoms with Crippen LogP contribution in [0, 0.1) is 10.1 Å². The molecule has 8 nitrogen and oxygen atoms in total. The van der Waals surface area contributed by atoms with Crippen LogP contribution in [0.15, 0.2) is 66.7 Å². The molecule has 0 spiro atoms. The molecular formula is C23H19NO7. The van der Waals surface area contributed by atoms with E-state index in [0.29, 0.717) is 33.8 Å². The Kier molecular flexibility index (Phi) is 6.09. The van der Waals surface area contributed by atoms with Gasteiger partial charge >= 0.3 is 5.97 Å². The van der Waals surface area contributed by atoms with Crippen LogP contribution in [0.25, 0.3) is 0 Å². The molecule has 0 bridgehead atoms. The first kappa shape index (κ1) is 20.4. The lowest BCUT2D eigenvalue weighted by atomic mass is 10.1. The van der Waals surface area contributed by atoms with Crippen molar-refractivity contribution in [1.82, 2.24) is 0 Å². The van der Waals surface area contributed by atoms with Gasteiger partial charge in [0.1, 0.15) is 24.7 Å². The van der Waals surface area contributed by atoms with Gasteiger partial charge in [0.25, 0.3) is 5.69 Å². The molecule has 0 saturated heterocycles. The largest absolute Gasteiger partial charge is 0.489 e. The molecular weight excluding hydrogens is 402 g/mol. The Labute approximate surface area is 178 Å². The molecule has 3 aromatic rings. The van der Waals surface area contributed by atoms with Gasteiger partial charge in [-0.2, -0.15) is 0 Å². The van der Waals surface area contributed by atoms with Gasteiger partial charge in [0, 0.05) is 28.8 Å². The van der Waals surface area contributed by atoms with Crippen molar-refractivity contribution in [1.29, 1.82) is 0 Å². The Hall–Kier alpha value is -3.91. The van der Waals surface area contributed by atoms with Crippen LogP contribution in [-0.2, 0) is 29.3 Å². The van der Waals surface area contributed by atoms with Crippen molar-refractivity contribution in [2.24, 2.45) is 0 Å². The summed E-state index contributed by atoms with van der Waals surface area (Å²) in [5.74, 6) is 0.582. The van der Waals surface area contributed by atoms with Crippen molar-refractivity contribution in [3.05, 3.63) is 99.1 Å². The Morgan fingerprint density at radius 3 is 2.58 bits per heavy atom. The molecule has 158 valence electrons. The number of nitro groups is 1. The molecule has 8 heteroatoms. The summed E-state index contributed by atoms with van der Waals surface area (Å²) in [4.78, 5) is 23.5. The highest BCUT2D eigenvalue weighted by molar-refractivity contribution is 5.91. The molecule has 0 amide bonds. The first-order chi connectivity index (χ1) is 15.1. The van der Waals surface area contributed by atoms with Gasteiger partial charge in [0.05, 0.1) is 17.1 Å². The van der Waals surface area contributed by atoms with E-state index in [9.17, 15) is 14.9 Å². The number of carbonyl (C=O) groups is 1.